The predicted octanol–water partition coefficient (Wildman–Crippen LogP) is 6.22. The van der Waals surface area contributed by atoms with Crippen molar-refractivity contribution in [3.8, 4) is 11.1 Å². The number of benzene rings is 1. The first-order valence-electron chi connectivity index (χ1n) is 12.7. The Balaban J connectivity index is 1.23. The highest BCUT2D eigenvalue weighted by Crippen LogP contribution is 2.64. The second-order valence-corrected chi connectivity index (χ2v) is 10.6. The number of hydrogen-bond acceptors (Lipinski definition) is 6. The molecular formula is C28H29F4N5O2. The van der Waals surface area contributed by atoms with Crippen molar-refractivity contribution in [1.29, 1.82) is 0 Å². The Bertz CT molecular complexity index is 1420. The molecule has 0 amide bonds. The summed E-state index contributed by atoms with van der Waals surface area (Å²) in [6.07, 6.45) is 3.17. The molecule has 0 unspecified atom stereocenters. The van der Waals surface area contributed by atoms with Crippen LogP contribution in [0, 0.1) is 23.6 Å². The zero-order valence-electron chi connectivity index (χ0n) is 21.9. The number of aromatic nitrogens is 4. The fourth-order valence-electron chi connectivity index (χ4n) is 4.92. The SMILES string of the molecule is CO/C(=C\C1(CC(=O)Cc2ccc(-c3cnc(Nc4cn(C)nc4C)nc3)cc2F)CC1)C1(C(F)(F)F)CC1. The van der Waals surface area contributed by atoms with Gasteiger partial charge in [-0.3, -0.25) is 9.48 Å². The molecule has 39 heavy (non-hydrogen) atoms. The summed E-state index contributed by atoms with van der Waals surface area (Å²) < 4.78 is 62.4. The van der Waals surface area contributed by atoms with Crippen LogP contribution in [-0.4, -0.2) is 38.8 Å². The fourth-order valence-corrected chi connectivity index (χ4v) is 4.92. The molecule has 2 aromatic heterocycles. The average molecular weight is 544 g/mol. The standard InChI is InChI=1S/C28H29F4N5O2/c1-17-23(16-37(2)36-17)35-25-33-14-20(15-34-25)18-4-5-19(22(29)11-18)10-21(38)12-26(6-7-26)13-24(39-3)27(8-9-27)28(30,31)32/h4-5,11,13-16H,6-10,12H2,1-3H3,(H,33,34,35)/b24-13-. The minimum absolute atomic E-state index is 0.00772. The van der Waals surface area contributed by atoms with Crippen LogP contribution in [0.3, 0.4) is 0 Å². The van der Waals surface area contributed by atoms with Crippen molar-refractivity contribution >= 4 is 17.4 Å². The molecule has 2 aliphatic carbocycles. The van der Waals surface area contributed by atoms with Gasteiger partial charge in [0.15, 0.2) is 0 Å². The number of aryl methyl sites for hydroxylation is 2. The van der Waals surface area contributed by atoms with Crippen LogP contribution in [0.25, 0.3) is 11.1 Å². The van der Waals surface area contributed by atoms with Crippen molar-refractivity contribution < 1.29 is 27.1 Å². The number of hydrogen-bond donors (Lipinski definition) is 1. The molecule has 2 saturated carbocycles. The van der Waals surface area contributed by atoms with Gasteiger partial charge in [0.25, 0.3) is 0 Å². The Morgan fingerprint density at radius 2 is 1.85 bits per heavy atom. The van der Waals surface area contributed by atoms with Gasteiger partial charge < -0.3 is 10.1 Å². The molecule has 1 aromatic carbocycles. The van der Waals surface area contributed by atoms with Gasteiger partial charge in [-0.15, -0.1) is 0 Å². The normalized spacial score (nSPS) is 17.6. The van der Waals surface area contributed by atoms with E-state index in [-0.39, 0.29) is 42.8 Å². The summed E-state index contributed by atoms with van der Waals surface area (Å²) in [6.45, 7) is 1.86. The van der Waals surface area contributed by atoms with E-state index in [0.717, 1.165) is 11.4 Å². The number of Topliss-reactive ketones (excluding diaryl/α,β-unsaturated/α-hetero) is 1. The summed E-state index contributed by atoms with van der Waals surface area (Å²) in [5.41, 5.74) is 0.386. The van der Waals surface area contributed by atoms with E-state index in [1.54, 1.807) is 29.2 Å². The molecule has 1 N–H and O–H groups in total. The average Bonchev–Trinajstić information content (AvgIpc) is 3.79. The van der Waals surface area contributed by atoms with Crippen molar-refractivity contribution in [3.63, 3.8) is 0 Å². The quantitative estimate of drug-likeness (QED) is 0.241. The first kappa shape index (κ1) is 26.8. The van der Waals surface area contributed by atoms with Crippen molar-refractivity contribution in [2.45, 2.75) is 51.6 Å². The number of allylic oxidation sites excluding steroid dienone is 2. The van der Waals surface area contributed by atoms with Crippen molar-refractivity contribution in [2.24, 2.45) is 17.9 Å². The van der Waals surface area contributed by atoms with Crippen LogP contribution in [0.15, 0.2) is 48.6 Å². The Kier molecular flexibility index (Phi) is 6.72. The monoisotopic (exact) mass is 543 g/mol. The van der Waals surface area contributed by atoms with Crippen LogP contribution in [0.5, 0.6) is 0 Å². The van der Waals surface area contributed by atoms with E-state index in [0.29, 0.717) is 29.9 Å². The zero-order valence-corrected chi connectivity index (χ0v) is 21.9. The number of carbonyl (C=O) groups is 1. The van der Waals surface area contributed by atoms with Gasteiger partial charge in [-0.25, -0.2) is 14.4 Å². The number of alkyl halides is 3. The molecule has 2 aliphatic rings. The summed E-state index contributed by atoms with van der Waals surface area (Å²) in [7, 11) is 3.05. The highest BCUT2D eigenvalue weighted by atomic mass is 19.4. The smallest absolute Gasteiger partial charge is 0.401 e. The molecule has 0 bridgehead atoms. The van der Waals surface area contributed by atoms with Gasteiger partial charge in [-0.05, 0) is 61.3 Å². The number of nitrogens with one attached hydrogen (secondary N) is 1. The van der Waals surface area contributed by atoms with Gasteiger partial charge in [0.1, 0.15) is 22.8 Å². The van der Waals surface area contributed by atoms with E-state index in [1.807, 2.05) is 20.2 Å². The third kappa shape index (κ3) is 5.53. The van der Waals surface area contributed by atoms with E-state index in [4.69, 9.17) is 4.74 Å². The summed E-state index contributed by atoms with van der Waals surface area (Å²) in [4.78, 5) is 21.4. The molecule has 0 atom stereocenters. The highest BCUT2D eigenvalue weighted by Gasteiger charge is 2.67. The fraction of sp³-hybridized carbons (Fsp3) is 0.429. The molecule has 0 saturated heterocycles. The predicted molar refractivity (Wildman–Crippen MR) is 136 cm³/mol. The van der Waals surface area contributed by atoms with Gasteiger partial charge in [-0.1, -0.05) is 12.1 Å². The van der Waals surface area contributed by atoms with Gasteiger partial charge in [0, 0.05) is 44.0 Å². The molecule has 2 heterocycles. The Morgan fingerprint density at radius 3 is 2.36 bits per heavy atom. The Morgan fingerprint density at radius 1 is 1.15 bits per heavy atom. The minimum atomic E-state index is -4.39. The number of methoxy groups -OCH3 is 1. The molecule has 0 radical (unpaired) electrons. The number of ketones is 1. The molecule has 206 valence electrons. The zero-order chi connectivity index (χ0) is 28.0. The van der Waals surface area contributed by atoms with E-state index >= 15 is 0 Å². The number of nitrogens with zero attached hydrogens (tertiary/aromatic N) is 4. The van der Waals surface area contributed by atoms with Crippen molar-refractivity contribution in [1.82, 2.24) is 19.7 Å². The van der Waals surface area contributed by atoms with Crippen LogP contribution in [0.1, 0.15) is 43.4 Å². The lowest BCUT2D eigenvalue weighted by molar-refractivity contribution is -0.184. The molecular weight excluding hydrogens is 514 g/mol. The Labute approximate surface area is 223 Å². The summed E-state index contributed by atoms with van der Waals surface area (Å²) in [5, 5.41) is 7.34. The lowest BCUT2D eigenvalue weighted by Crippen LogP contribution is -2.28. The second kappa shape index (κ2) is 9.77. The van der Waals surface area contributed by atoms with Gasteiger partial charge >= 0.3 is 6.18 Å². The van der Waals surface area contributed by atoms with E-state index in [9.17, 15) is 22.4 Å². The Hall–Kier alpha value is -3.76. The summed E-state index contributed by atoms with van der Waals surface area (Å²) >= 11 is 0. The number of ether oxygens (including phenoxy) is 1. The summed E-state index contributed by atoms with van der Waals surface area (Å²) in [6, 6.07) is 4.57. The number of anilines is 2. The molecule has 5 rings (SSSR count). The lowest BCUT2D eigenvalue weighted by Gasteiger charge is -2.23. The minimum Gasteiger partial charge on any atom is -0.500 e. The molecule has 0 aliphatic heterocycles. The van der Waals surface area contributed by atoms with Crippen LogP contribution in [0.4, 0.5) is 29.2 Å². The lowest BCUT2D eigenvalue weighted by atomic mass is 9.91. The number of halogens is 4. The topological polar surface area (TPSA) is 81.9 Å². The third-order valence-corrected chi connectivity index (χ3v) is 7.55. The maximum Gasteiger partial charge on any atom is 0.401 e. The number of rotatable bonds is 10. The first-order valence-corrected chi connectivity index (χ1v) is 12.7. The molecule has 11 heteroatoms. The molecule has 0 spiro atoms. The van der Waals surface area contributed by atoms with Gasteiger partial charge in [-0.2, -0.15) is 18.3 Å². The maximum atomic E-state index is 14.9. The highest BCUT2D eigenvalue weighted by molar-refractivity contribution is 5.82. The first-order chi connectivity index (χ1) is 18.4. The van der Waals surface area contributed by atoms with Crippen LogP contribution >= 0.6 is 0 Å². The van der Waals surface area contributed by atoms with Crippen molar-refractivity contribution in [2.75, 3.05) is 12.4 Å². The van der Waals surface area contributed by atoms with Gasteiger partial charge in [0.05, 0.1) is 18.5 Å². The summed E-state index contributed by atoms with van der Waals surface area (Å²) in [5.74, 6) is -0.497. The molecule has 3 aromatic rings. The van der Waals surface area contributed by atoms with Gasteiger partial charge in [0.2, 0.25) is 5.95 Å². The van der Waals surface area contributed by atoms with E-state index < -0.39 is 22.8 Å². The van der Waals surface area contributed by atoms with Crippen LogP contribution in [-0.2, 0) is 23.0 Å². The van der Waals surface area contributed by atoms with Crippen LogP contribution < -0.4 is 5.32 Å². The third-order valence-electron chi connectivity index (χ3n) is 7.55. The van der Waals surface area contributed by atoms with E-state index in [2.05, 4.69) is 20.4 Å². The number of carbonyl (C=O) groups excluding carboxylic acids is 1. The van der Waals surface area contributed by atoms with Crippen LogP contribution in [0.2, 0.25) is 0 Å². The van der Waals surface area contributed by atoms with Crippen molar-refractivity contribution in [3.05, 3.63) is 65.7 Å². The molecule has 7 nitrogen and oxygen atoms in total. The maximum absolute atomic E-state index is 14.9. The largest absolute Gasteiger partial charge is 0.500 e. The van der Waals surface area contributed by atoms with E-state index in [1.165, 1.54) is 19.3 Å². The molecule has 2 fully saturated rings. The second-order valence-electron chi connectivity index (χ2n) is 10.6.